The predicted octanol–water partition coefficient (Wildman–Crippen LogP) is 0.857. The Morgan fingerprint density at radius 2 is 2.27 bits per heavy atom. The lowest BCUT2D eigenvalue weighted by molar-refractivity contribution is 0.0788. The highest BCUT2D eigenvalue weighted by molar-refractivity contribution is 5.93. The van der Waals surface area contributed by atoms with Gasteiger partial charge in [-0.2, -0.15) is 0 Å². The second-order valence-electron chi connectivity index (χ2n) is 4.07. The molecule has 15 heavy (non-hydrogen) atoms. The third-order valence-electron chi connectivity index (χ3n) is 2.61. The fourth-order valence-corrected chi connectivity index (χ4v) is 1.53. The van der Waals surface area contributed by atoms with Crippen LogP contribution in [0.25, 0.3) is 0 Å². The normalized spacial score (nSPS) is 15.0. The highest BCUT2D eigenvalue weighted by Crippen LogP contribution is 2.29. The van der Waals surface area contributed by atoms with Crippen LogP contribution >= 0.6 is 0 Å². The molecule has 0 unspecified atom stereocenters. The minimum atomic E-state index is -0.184. The molecule has 4 heteroatoms. The molecule has 4 nitrogen and oxygen atoms in total. The fourth-order valence-electron chi connectivity index (χ4n) is 1.53. The number of H-pyrrole nitrogens is 1. The molecule has 2 rings (SSSR count). The minimum absolute atomic E-state index is 0.0295. The molecule has 0 radical (unpaired) electrons. The summed E-state index contributed by atoms with van der Waals surface area (Å²) in [6.07, 6.45) is 3.92. The standard InChI is InChI=1S/C11H14N2O2/c1-13(7-8-2-3-8)11(15)9-4-5-10(14)12-6-9/h4-6,8H,2-3,7H2,1H3,(H,12,14). The predicted molar refractivity (Wildman–Crippen MR) is 56.7 cm³/mol. The monoisotopic (exact) mass is 206 g/mol. The first kappa shape index (κ1) is 9.96. The molecule has 1 fully saturated rings. The van der Waals surface area contributed by atoms with Gasteiger partial charge in [-0.05, 0) is 24.8 Å². The maximum atomic E-state index is 11.8. The third-order valence-corrected chi connectivity index (χ3v) is 2.61. The summed E-state index contributed by atoms with van der Waals surface area (Å²) in [5.41, 5.74) is 0.356. The number of nitrogens with zero attached hydrogens (tertiary/aromatic N) is 1. The topological polar surface area (TPSA) is 53.2 Å². The maximum absolute atomic E-state index is 11.8. The number of hydrogen-bond acceptors (Lipinski definition) is 2. The highest BCUT2D eigenvalue weighted by Gasteiger charge is 2.25. The smallest absolute Gasteiger partial charge is 0.255 e. The Morgan fingerprint density at radius 3 is 2.80 bits per heavy atom. The number of aromatic nitrogens is 1. The summed E-state index contributed by atoms with van der Waals surface area (Å²) in [4.78, 5) is 26.9. The SMILES string of the molecule is CN(CC1CC1)C(=O)c1ccc(=O)[nH]c1. The van der Waals surface area contributed by atoms with E-state index < -0.39 is 0 Å². The van der Waals surface area contributed by atoms with Crippen molar-refractivity contribution in [1.29, 1.82) is 0 Å². The number of aromatic amines is 1. The lowest BCUT2D eigenvalue weighted by Gasteiger charge is -2.16. The van der Waals surface area contributed by atoms with Gasteiger partial charge in [-0.1, -0.05) is 0 Å². The summed E-state index contributed by atoms with van der Waals surface area (Å²) in [7, 11) is 1.80. The van der Waals surface area contributed by atoms with Crippen molar-refractivity contribution < 1.29 is 4.79 Å². The molecule has 1 saturated carbocycles. The van der Waals surface area contributed by atoms with Crippen LogP contribution in [0.3, 0.4) is 0 Å². The third kappa shape index (κ3) is 2.46. The van der Waals surface area contributed by atoms with Crippen molar-refractivity contribution in [2.45, 2.75) is 12.8 Å². The lowest BCUT2D eigenvalue weighted by atomic mass is 10.2. The number of carbonyl (C=O) groups excluding carboxylic acids is 1. The summed E-state index contributed by atoms with van der Waals surface area (Å²) in [6.45, 7) is 0.817. The molecule has 0 spiro atoms. The van der Waals surface area contributed by atoms with E-state index in [1.807, 2.05) is 0 Å². The molecule has 0 bridgehead atoms. The summed E-state index contributed by atoms with van der Waals surface area (Å²) >= 11 is 0. The Hall–Kier alpha value is -1.58. The van der Waals surface area contributed by atoms with Gasteiger partial charge in [0.25, 0.3) is 5.91 Å². The Labute approximate surface area is 87.9 Å². The number of pyridine rings is 1. The van der Waals surface area contributed by atoms with Crippen LogP contribution in [0.1, 0.15) is 23.2 Å². The average Bonchev–Trinajstić information content (AvgIpc) is 3.02. The fraction of sp³-hybridized carbons (Fsp3) is 0.455. The van der Waals surface area contributed by atoms with E-state index in [4.69, 9.17) is 0 Å². The van der Waals surface area contributed by atoms with Gasteiger partial charge in [-0.3, -0.25) is 9.59 Å². The quantitative estimate of drug-likeness (QED) is 0.797. The van der Waals surface area contributed by atoms with Crippen LogP contribution in [0.2, 0.25) is 0 Å². The van der Waals surface area contributed by atoms with Gasteiger partial charge in [0.1, 0.15) is 0 Å². The summed E-state index contributed by atoms with van der Waals surface area (Å²) in [5.74, 6) is 0.653. The number of amides is 1. The Balaban J connectivity index is 2.05. The number of nitrogens with one attached hydrogen (secondary N) is 1. The summed E-state index contributed by atoms with van der Waals surface area (Å²) in [6, 6.07) is 2.93. The van der Waals surface area contributed by atoms with Crippen LogP contribution in [0.5, 0.6) is 0 Å². The van der Waals surface area contributed by atoms with Crippen LogP contribution in [0.4, 0.5) is 0 Å². The van der Waals surface area contributed by atoms with Crippen LogP contribution in [-0.4, -0.2) is 29.4 Å². The van der Waals surface area contributed by atoms with Crippen molar-refractivity contribution in [1.82, 2.24) is 9.88 Å². The number of carbonyl (C=O) groups is 1. The minimum Gasteiger partial charge on any atom is -0.341 e. The average molecular weight is 206 g/mol. The molecule has 80 valence electrons. The molecule has 0 aliphatic heterocycles. The number of hydrogen-bond donors (Lipinski definition) is 1. The molecule has 0 saturated heterocycles. The molecule has 1 aromatic rings. The van der Waals surface area contributed by atoms with Gasteiger partial charge >= 0.3 is 0 Å². The largest absolute Gasteiger partial charge is 0.341 e. The van der Waals surface area contributed by atoms with Gasteiger partial charge in [-0.25, -0.2) is 0 Å². The molecule has 0 atom stereocenters. The molecule has 1 heterocycles. The second kappa shape index (κ2) is 3.88. The second-order valence-corrected chi connectivity index (χ2v) is 4.07. The molecular weight excluding hydrogens is 192 g/mol. The first-order valence-electron chi connectivity index (χ1n) is 5.11. The van der Waals surface area contributed by atoms with E-state index in [9.17, 15) is 9.59 Å². The van der Waals surface area contributed by atoms with Crippen molar-refractivity contribution in [3.63, 3.8) is 0 Å². The van der Waals surface area contributed by atoms with E-state index in [1.54, 1.807) is 18.0 Å². The van der Waals surface area contributed by atoms with Crippen LogP contribution < -0.4 is 5.56 Å². The van der Waals surface area contributed by atoms with E-state index >= 15 is 0 Å². The van der Waals surface area contributed by atoms with Gasteiger partial charge in [0, 0.05) is 25.9 Å². The van der Waals surface area contributed by atoms with Gasteiger partial charge in [0.2, 0.25) is 5.56 Å². The van der Waals surface area contributed by atoms with Crippen LogP contribution in [-0.2, 0) is 0 Å². The molecule has 1 aromatic heterocycles. The van der Waals surface area contributed by atoms with Gasteiger partial charge in [-0.15, -0.1) is 0 Å². The molecule has 0 aromatic carbocycles. The molecule has 1 aliphatic carbocycles. The zero-order valence-corrected chi connectivity index (χ0v) is 8.69. The van der Waals surface area contributed by atoms with E-state index in [1.165, 1.54) is 25.1 Å². The van der Waals surface area contributed by atoms with Gasteiger partial charge < -0.3 is 9.88 Å². The Kier molecular flexibility index (Phi) is 2.58. The molecule has 1 N–H and O–H groups in total. The van der Waals surface area contributed by atoms with Crippen molar-refractivity contribution in [2.24, 2.45) is 5.92 Å². The van der Waals surface area contributed by atoms with E-state index in [0.29, 0.717) is 11.5 Å². The Morgan fingerprint density at radius 1 is 1.53 bits per heavy atom. The van der Waals surface area contributed by atoms with Gasteiger partial charge in [0.15, 0.2) is 0 Å². The number of rotatable bonds is 3. The first-order valence-corrected chi connectivity index (χ1v) is 5.11. The maximum Gasteiger partial charge on any atom is 0.255 e. The van der Waals surface area contributed by atoms with E-state index in [-0.39, 0.29) is 11.5 Å². The van der Waals surface area contributed by atoms with Crippen LogP contribution in [0, 0.1) is 5.92 Å². The Bertz CT molecular complexity index is 400. The lowest BCUT2D eigenvalue weighted by Crippen LogP contribution is -2.29. The van der Waals surface area contributed by atoms with Gasteiger partial charge in [0.05, 0.1) is 5.56 Å². The van der Waals surface area contributed by atoms with Crippen molar-refractivity contribution in [2.75, 3.05) is 13.6 Å². The van der Waals surface area contributed by atoms with Crippen molar-refractivity contribution in [3.8, 4) is 0 Å². The molecule has 1 aliphatic rings. The van der Waals surface area contributed by atoms with Crippen molar-refractivity contribution in [3.05, 3.63) is 34.2 Å². The summed E-state index contributed by atoms with van der Waals surface area (Å²) < 4.78 is 0. The zero-order valence-electron chi connectivity index (χ0n) is 8.69. The summed E-state index contributed by atoms with van der Waals surface area (Å²) in [5, 5.41) is 0. The molecular formula is C11H14N2O2. The highest BCUT2D eigenvalue weighted by atomic mass is 16.2. The molecule has 1 amide bonds. The van der Waals surface area contributed by atoms with Crippen LogP contribution in [0.15, 0.2) is 23.1 Å². The zero-order chi connectivity index (χ0) is 10.8. The van der Waals surface area contributed by atoms with E-state index in [0.717, 1.165) is 6.54 Å². The van der Waals surface area contributed by atoms with Crippen molar-refractivity contribution >= 4 is 5.91 Å². The van der Waals surface area contributed by atoms with E-state index in [2.05, 4.69) is 4.98 Å². The first-order chi connectivity index (χ1) is 7.16.